The Labute approximate surface area is 76.0 Å². The molecule has 0 aromatic heterocycles. The molecule has 5 nitrogen and oxygen atoms in total. The molecule has 1 unspecified atom stereocenters. The van der Waals surface area contributed by atoms with Gasteiger partial charge in [0.25, 0.3) is 0 Å². The molecule has 1 atom stereocenters. The molecule has 0 spiro atoms. The summed E-state index contributed by atoms with van der Waals surface area (Å²) >= 11 is 2.68. The third-order valence-corrected chi connectivity index (χ3v) is 1.76. The van der Waals surface area contributed by atoms with Gasteiger partial charge in [0.05, 0.1) is 11.2 Å². The van der Waals surface area contributed by atoms with Crippen molar-refractivity contribution in [2.75, 3.05) is 0 Å². The predicted molar refractivity (Wildman–Crippen MR) is 43.0 cm³/mol. The second-order valence-corrected chi connectivity index (χ2v) is 2.82. The smallest absolute Gasteiger partial charge is 0.310 e. The van der Waals surface area contributed by atoms with E-state index in [9.17, 15) is 14.9 Å². The Morgan fingerprint density at radius 2 is 2.50 bits per heavy atom. The minimum absolute atomic E-state index is 0.274. The van der Waals surface area contributed by atoms with Gasteiger partial charge in [-0.05, 0) is 0 Å². The van der Waals surface area contributed by atoms with Crippen LogP contribution in [-0.2, 0) is 9.53 Å². The Hall–Kier alpha value is -1.17. The highest BCUT2D eigenvalue weighted by molar-refractivity contribution is 9.11. The maximum Gasteiger partial charge on any atom is 0.310 e. The van der Waals surface area contributed by atoms with Crippen LogP contribution >= 0.6 is 15.9 Å². The second kappa shape index (κ2) is 3.48. The van der Waals surface area contributed by atoms with E-state index in [-0.39, 0.29) is 10.4 Å². The average Bonchev–Trinajstić information content (AvgIpc) is 2.36. The van der Waals surface area contributed by atoms with Crippen molar-refractivity contribution in [3.05, 3.63) is 33.1 Å². The van der Waals surface area contributed by atoms with Gasteiger partial charge in [-0.3, -0.25) is 14.9 Å². The van der Waals surface area contributed by atoms with Gasteiger partial charge in [0.1, 0.15) is 0 Å². The van der Waals surface area contributed by atoms with Crippen molar-refractivity contribution < 1.29 is 14.5 Å². The number of rotatable bonds is 2. The lowest BCUT2D eigenvalue weighted by Gasteiger charge is -1.99. The van der Waals surface area contributed by atoms with Crippen LogP contribution in [0.2, 0.25) is 0 Å². The van der Waals surface area contributed by atoms with Crippen LogP contribution < -0.4 is 0 Å². The maximum atomic E-state index is 10.8. The van der Waals surface area contributed by atoms with Gasteiger partial charge in [-0.25, -0.2) is 0 Å². The van der Waals surface area contributed by atoms with Gasteiger partial charge < -0.3 is 4.74 Å². The second-order valence-electron chi connectivity index (χ2n) is 2.01. The van der Waals surface area contributed by atoms with E-state index in [1.807, 2.05) is 0 Å². The molecular weight excluding hydrogens is 230 g/mol. The summed E-state index contributed by atoms with van der Waals surface area (Å²) in [5, 5.41) is 10.1. The quantitative estimate of drug-likeness (QED) is 0.405. The monoisotopic (exact) mass is 233 g/mol. The van der Waals surface area contributed by atoms with Crippen LogP contribution in [0, 0.1) is 10.1 Å². The Kier molecular flexibility index (Phi) is 2.59. The molecule has 0 aromatic carbocycles. The standard InChI is InChI=1S/C6H4BrNO4/c7-6(8(10)11)3-5-4(9)1-2-12-5/h1-3,5H. The molecule has 1 aliphatic rings. The van der Waals surface area contributed by atoms with Gasteiger partial charge in [-0.2, -0.15) is 0 Å². The summed E-state index contributed by atoms with van der Waals surface area (Å²) in [6.45, 7) is 0. The molecule has 0 aromatic rings. The van der Waals surface area contributed by atoms with Crippen LogP contribution in [0.4, 0.5) is 0 Å². The Morgan fingerprint density at radius 3 is 2.92 bits per heavy atom. The van der Waals surface area contributed by atoms with E-state index < -0.39 is 11.0 Å². The van der Waals surface area contributed by atoms with E-state index in [2.05, 4.69) is 15.9 Å². The molecule has 0 N–H and O–H groups in total. The number of carbonyl (C=O) groups excluding carboxylic acids is 1. The lowest BCUT2D eigenvalue weighted by molar-refractivity contribution is -0.409. The first-order valence-corrected chi connectivity index (χ1v) is 3.78. The van der Waals surface area contributed by atoms with Gasteiger partial charge in [-0.15, -0.1) is 0 Å². The molecule has 1 rings (SSSR count). The van der Waals surface area contributed by atoms with Crippen LogP contribution in [-0.4, -0.2) is 16.8 Å². The normalized spacial score (nSPS) is 22.6. The topological polar surface area (TPSA) is 69.4 Å². The number of ether oxygens (including phenoxy) is 1. The van der Waals surface area contributed by atoms with Crippen molar-refractivity contribution in [3.8, 4) is 0 Å². The first-order chi connectivity index (χ1) is 5.61. The summed E-state index contributed by atoms with van der Waals surface area (Å²) in [6.07, 6.45) is 2.68. The first-order valence-electron chi connectivity index (χ1n) is 2.99. The molecule has 64 valence electrons. The maximum absolute atomic E-state index is 10.8. The van der Waals surface area contributed by atoms with Crippen molar-refractivity contribution in [1.29, 1.82) is 0 Å². The number of nitro groups is 1. The highest BCUT2D eigenvalue weighted by Gasteiger charge is 2.22. The fourth-order valence-corrected chi connectivity index (χ4v) is 0.900. The molecule has 0 saturated heterocycles. The summed E-state index contributed by atoms with van der Waals surface area (Å²) in [5.41, 5.74) is 0. The molecule has 0 saturated carbocycles. The number of carbonyl (C=O) groups is 1. The zero-order valence-electron chi connectivity index (χ0n) is 5.77. The van der Waals surface area contributed by atoms with Crippen LogP contribution in [0.3, 0.4) is 0 Å². The fraction of sp³-hybridized carbons (Fsp3) is 0.167. The minimum atomic E-state index is -0.857. The number of hydrogen-bond donors (Lipinski definition) is 0. The van der Waals surface area contributed by atoms with Gasteiger partial charge in [0, 0.05) is 28.1 Å². The van der Waals surface area contributed by atoms with Gasteiger partial charge in [0.2, 0.25) is 5.78 Å². The van der Waals surface area contributed by atoms with Gasteiger partial charge in [0.15, 0.2) is 6.10 Å². The Bertz CT molecular complexity index is 283. The van der Waals surface area contributed by atoms with Crippen molar-refractivity contribution in [2.24, 2.45) is 0 Å². The molecule has 12 heavy (non-hydrogen) atoms. The summed E-state index contributed by atoms with van der Waals surface area (Å²) in [7, 11) is 0. The third-order valence-electron chi connectivity index (χ3n) is 1.20. The molecule has 1 aliphatic heterocycles. The average molecular weight is 234 g/mol. The number of hydrogen-bond acceptors (Lipinski definition) is 4. The van der Waals surface area contributed by atoms with Crippen LogP contribution in [0.25, 0.3) is 0 Å². The van der Waals surface area contributed by atoms with E-state index in [0.29, 0.717) is 0 Å². The third kappa shape index (κ3) is 1.91. The molecule has 0 aliphatic carbocycles. The van der Waals surface area contributed by atoms with E-state index in [1.54, 1.807) is 0 Å². The molecule has 0 radical (unpaired) electrons. The number of ketones is 1. The summed E-state index contributed by atoms with van der Waals surface area (Å²) < 4.78 is 4.47. The van der Waals surface area contributed by atoms with E-state index in [1.165, 1.54) is 12.3 Å². The lowest BCUT2D eigenvalue weighted by Crippen LogP contribution is -2.13. The highest BCUT2D eigenvalue weighted by atomic mass is 79.9. The molecule has 1 heterocycles. The van der Waals surface area contributed by atoms with Crippen molar-refractivity contribution in [2.45, 2.75) is 6.10 Å². The van der Waals surface area contributed by atoms with Crippen LogP contribution in [0.15, 0.2) is 23.0 Å². The fourth-order valence-electron chi connectivity index (χ4n) is 0.660. The van der Waals surface area contributed by atoms with Crippen LogP contribution in [0.1, 0.15) is 0 Å². The van der Waals surface area contributed by atoms with Crippen LogP contribution in [0.5, 0.6) is 0 Å². The van der Waals surface area contributed by atoms with Gasteiger partial charge in [-0.1, -0.05) is 0 Å². The van der Waals surface area contributed by atoms with E-state index in [0.717, 1.165) is 6.08 Å². The first kappa shape index (κ1) is 8.92. The van der Waals surface area contributed by atoms with Crippen molar-refractivity contribution >= 4 is 21.7 Å². The minimum Gasteiger partial charge on any atom is -0.485 e. The molecule has 6 heteroatoms. The zero-order valence-corrected chi connectivity index (χ0v) is 7.35. The van der Waals surface area contributed by atoms with Crippen molar-refractivity contribution in [1.82, 2.24) is 0 Å². The summed E-state index contributed by atoms with van der Waals surface area (Å²) in [4.78, 5) is 20.3. The van der Waals surface area contributed by atoms with Gasteiger partial charge >= 0.3 is 4.61 Å². The molecule has 0 bridgehead atoms. The molecule has 0 fully saturated rings. The van der Waals surface area contributed by atoms with Crippen molar-refractivity contribution in [3.63, 3.8) is 0 Å². The molecule has 0 amide bonds. The van der Waals surface area contributed by atoms with E-state index in [4.69, 9.17) is 4.74 Å². The summed E-state index contributed by atoms with van der Waals surface area (Å²) in [5.74, 6) is -0.297. The number of nitrogens with zero attached hydrogens (tertiary/aromatic N) is 1. The SMILES string of the molecule is O=C1C=COC1C=C(Br)[N+](=O)[O-]. The highest BCUT2D eigenvalue weighted by Crippen LogP contribution is 2.13. The largest absolute Gasteiger partial charge is 0.485 e. The Morgan fingerprint density at radius 1 is 1.83 bits per heavy atom. The number of halogens is 1. The zero-order chi connectivity index (χ0) is 9.14. The lowest BCUT2D eigenvalue weighted by atomic mass is 10.2. The Balaban J connectivity index is 2.68. The molecular formula is C6H4BrNO4. The van der Waals surface area contributed by atoms with E-state index >= 15 is 0 Å². The predicted octanol–water partition coefficient (Wildman–Crippen LogP) is 0.981. The summed E-state index contributed by atoms with van der Waals surface area (Å²) in [6, 6.07) is 0.